The monoisotopic (exact) mass is 195 g/mol. The molecule has 2 rings (SSSR count). The van der Waals surface area contributed by atoms with Gasteiger partial charge in [0, 0.05) is 18.5 Å². The van der Waals surface area contributed by atoms with Gasteiger partial charge in [0.2, 0.25) is 0 Å². The minimum Gasteiger partial charge on any atom is -0.300 e. The first kappa shape index (κ1) is 10.2. The third-order valence-electron chi connectivity index (χ3n) is 3.74. The van der Waals surface area contributed by atoms with Crippen molar-refractivity contribution < 1.29 is 4.79 Å². The molecule has 1 aliphatic heterocycles. The number of hydrogen-bond donors (Lipinski definition) is 0. The molecule has 2 heteroatoms. The molecule has 0 radical (unpaired) electrons. The maximum Gasteiger partial charge on any atom is 0.131 e. The minimum atomic E-state index is 0.361. The van der Waals surface area contributed by atoms with Gasteiger partial charge in [-0.3, -0.25) is 9.69 Å². The van der Waals surface area contributed by atoms with E-state index in [0.29, 0.717) is 11.8 Å². The molecule has 0 amide bonds. The van der Waals surface area contributed by atoms with Crippen molar-refractivity contribution in [1.29, 1.82) is 0 Å². The number of Topliss-reactive ketones (excluding diaryl/α,β-unsaturated/α-hetero) is 1. The summed E-state index contributed by atoms with van der Waals surface area (Å²) in [5.74, 6) is 0.361. The Hall–Kier alpha value is -0.370. The van der Waals surface area contributed by atoms with E-state index in [9.17, 15) is 4.79 Å². The van der Waals surface area contributed by atoms with Gasteiger partial charge in [-0.25, -0.2) is 0 Å². The van der Waals surface area contributed by atoms with Gasteiger partial charge in [-0.1, -0.05) is 12.8 Å². The van der Waals surface area contributed by atoms with Crippen LogP contribution in [-0.2, 0) is 4.79 Å². The quantitative estimate of drug-likeness (QED) is 0.689. The Morgan fingerprint density at radius 3 is 2.57 bits per heavy atom. The van der Waals surface area contributed by atoms with Crippen LogP contribution in [0.2, 0.25) is 0 Å². The van der Waals surface area contributed by atoms with Gasteiger partial charge in [-0.2, -0.15) is 0 Å². The van der Waals surface area contributed by atoms with Crippen LogP contribution in [0.5, 0.6) is 0 Å². The normalized spacial score (nSPS) is 29.9. The molecule has 1 unspecified atom stereocenters. The van der Waals surface area contributed by atoms with Gasteiger partial charge in [0.25, 0.3) is 0 Å². The fraction of sp³-hybridized carbons (Fsp3) is 0.917. The smallest absolute Gasteiger partial charge is 0.131 e. The lowest BCUT2D eigenvalue weighted by Crippen LogP contribution is -2.38. The summed E-state index contributed by atoms with van der Waals surface area (Å²) in [7, 11) is 0. The lowest BCUT2D eigenvalue weighted by atomic mass is 10.1. The van der Waals surface area contributed by atoms with Crippen LogP contribution in [0, 0.1) is 0 Å². The number of carbonyl (C=O) groups is 1. The third kappa shape index (κ3) is 2.17. The van der Waals surface area contributed by atoms with Gasteiger partial charge in [0.15, 0.2) is 0 Å². The van der Waals surface area contributed by atoms with E-state index in [2.05, 4.69) is 4.90 Å². The van der Waals surface area contributed by atoms with Crippen LogP contribution in [0.3, 0.4) is 0 Å². The Kier molecular flexibility index (Phi) is 3.22. The van der Waals surface area contributed by atoms with Crippen LogP contribution >= 0.6 is 0 Å². The number of nitrogens with zero attached hydrogens (tertiary/aromatic N) is 1. The second kappa shape index (κ2) is 4.43. The summed E-state index contributed by atoms with van der Waals surface area (Å²) < 4.78 is 0. The van der Waals surface area contributed by atoms with E-state index in [-0.39, 0.29) is 0 Å². The Morgan fingerprint density at radius 2 is 1.93 bits per heavy atom. The second-order valence-corrected chi connectivity index (χ2v) is 4.88. The van der Waals surface area contributed by atoms with Crippen LogP contribution in [0.15, 0.2) is 0 Å². The zero-order valence-corrected chi connectivity index (χ0v) is 9.17. The molecule has 1 heterocycles. The molecule has 1 aliphatic carbocycles. The highest BCUT2D eigenvalue weighted by atomic mass is 16.1. The average molecular weight is 195 g/mol. The SMILES string of the molecule is CC(=O)CC1CCCN1C1CCCC1. The summed E-state index contributed by atoms with van der Waals surface area (Å²) in [5.41, 5.74) is 0. The van der Waals surface area contributed by atoms with Crippen LogP contribution in [0.4, 0.5) is 0 Å². The first-order valence-electron chi connectivity index (χ1n) is 6.02. The molecule has 0 aromatic carbocycles. The lowest BCUT2D eigenvalue weighted by Gasteiger charge is -2.29. The van der Waals surface area contributed by atoms with Crippen molar-refractivity contribution in [3.8, 4) is 0 Å². The molecule has 2 fully saturated rings. The molecule has 1 saturated heterocycles. The number of likely N-dealkylation sites (tertiary alicyclic amines) is 1. The predicted octanol–water partition coefficient (Wildman–Crippen LogP) is 2.37. The van der Waals surface area contributed by atoms with Crippen LogP contribution < -0.4 is 0 Å². The van der Waals surface area contributed by atoms with E-state index < -0.39 is 0 Å². The molecule has 2 aliphatic rings. The number of ketones is 1. The standard InChI is InChI=1S/C12H21NO/c1-10(14)9-12-7-4-8-13(12)11-5-2-3-6-11/h11-12H,2-9H2,1H3. The van der Waals surface area contributed by atoms with E-state index in [1.54, 1.807) is 6.92 Å². The van der Waals surface area contributed by atoms with E-state index in [0.717, 1.165) is 12.5 Å². The first-order valence-corrected chi connectivity index (χ1v) is 6.02. The Morgan fingerprint density at radius 1 is 1.21 bits per heavy atom. The van der Waals surface area contributed by atoms with Gasteiger partial charge in [-0.15, -0.1) is 0 Å². The largest absolute Gasteiger partial charge is 0.300 e. The van der Waals surface area contributed by atoms with Gasteiger partial charge in [0.1, 0.15) is 5.78 Å². The molecule has 1 saturated carbocycles. The molecule has 1 atom stereocenters. The number of carbonyl (C=O) groups excluding carboxylic acids is 1. The molecule has 14 heavy (non-hydrogen) atoms. The molecule has 0 N–H and O–H groups in total. The Bertz CT molecular complexity index is 208. The molecule has 0 aromatic rings. The number of rotatable bonds is 3. The van der Waals surface area contributed by atoms with Crippen LogP contribution in [0.25, 0.3) is 0 Å². The molecule has 0 aromatic heterocycles. The van der Waals surface area contributed by atoms with E-state index in [4.69, 9.17) is 0 Å². The Balaban J connectivity index is 1.92. The molecule has 0 spiro atoms. The Labute approximate surface area is 86.7 Å². The summed E-state index contributed by atoms with van der Waals surface area (Å²) in [5, 5.41) is 0. The molecule has 2 nitrogen and oxygen atoms in total. The van der Waals surface area contributed by atoms with Gasteiger partial charge < -0.3 is 0 Å². The van der Waals surface area contributed by atoms with Crippen molar-refractivity contribution >= 4 is 5.78 Å². The lowest BCUT2D eigenvalue weighted by molar-refractivity contribution is -0.118. The van der Waals surface area contributed by atoms with Gasteiger partial charge in [-0.05, 0) is 39.2 Å². The van der Waals surface area contributed by atoms with Gasteiger partial charge >= 0.3 is 0 Å². The third-order valence-corrected chi connectivity index (χ3v) is 3.74. The molecule has 80 valence electrons. The number of hydrogen-bond acceptors (Lipinski definition) is 2. The van der Waals surface area contributed by atoms with E-state index in [1.807, 2.05) is 0 Å². The summed E-state index contributed by atoms with van der Waals surface area (Å²) >= 11 is 0. The van der Waals surface area contributed by atoms with Crippen molar-refractivity contribution in [2.75, 3.05) is 6.54 Å². The zero-order chi connectivity index (χ0) is 9.97. The summed E-state index contributed by atoms with van der Waals surface area (Å²) in [4.78, 5) is 13.8. The minimum absolute atomic E-state index is 0.361. The highest BCUT2D eigenvalue weighted by Crippen LogP contribution is 2.31. The van der Waals surface area contributed by atoms with Crippen molar-refractivity contribution in [1.82, 2.24) is 4.90 Å². The molecule has 0 bridgehead atoms. The first-order chi connectivity index (χ1) is 6.77. The van der Waals surface area contributed by atoms with E-state index >= 15 is 0 Å². The fourth-order valence-corrected chi connectivity index (χ4v) is 3.13. The highest BCUT2D eigenvalue weighted by molar-refractivity contribution is 5.76. The fourth-order valence-electron chi connectivity index (χ4n) is 3.13. The van der Waals surface area contributed by atoms with Gasteiger partial charge in [0.05, 0.1) is 0 Å². The zero-order valence-electron chi connectivity index (χ0n) is 9.17. The molecular weight excluding hydrogens is 174 g/mol. The van der Waals surface area contributed by atoms with Crippen molar-refractivity contribution in [2.24, 2.45) is 0 Å². The van der Waals surface area contributed by atoms with Crippen molar-refractivity contribution in [2.45, 2.75) is 64.0 Å². The summed E-state index contributed by atoms with van der Waals surface area (Å²) in [6, 6.07) is 1.39. The predicted molar refractivity (Wildman–Crippen MR) is 57.3 cm³/mol. The van der Waals surface area contributed by atoms with Crippen LogP contribution in [-0.4, -0.2) is 29.3 Å². The topological polar surface area (TPSA) is 20.3 Å². The summed E-state index contributed by atoms with van der Waals surface area (Å²) in [6.07, 6.45) is 8.87. The second-order valence-electron chi connectivity index (χ2n) is 4.88. The van der Waals surface area contributed by atoms with Crippen molar-refractivity contribution in [3.63, 3.8) is 0 Å². The van der Waals surface area contributed by atoms with Crippen molar-refractivity contribution in [3.05, 3.63) is 0 Å². The highest BCUT2D eigenvalue weighted by Gasteiger charge is 2.32. The average Bonchev–Trinajstić information content (AvgIpc) is 2.70. The maximum atomic E-state index is 11.1. The summed E-state index contributed by atoms with van der Waals surface area (Å²) in [6.45, 7) is 2.97. The maximum absolute atomic E-state index is 11.1. The van der Waals surface area contributed by atoms with E-state index in [1.165, 1.54) is 45.1 Å². The van der Waals surface area contributed by atoms with Crippen LogP contribution in [0.1, 0.15) is 51.9 Å². The molecular formula is C12H21NO.